The summed E-state index contributed by atoms with van der Waals surface area (Å²) >= 11 is 3.31. The Morgan fingerprint density at radius 2 is 2.25 bits per heavy atom. The van der Waals surface area contributed by atoms with Crippen molar-refractivity contribution in [3.8, 4) is 0 Å². The van der Waals surface area contributed by atoms with E-state index in [0.717, 1.165) is 12.8 Å². The van der Waals surface area contributed by atoms with Gasteiger partial charge in [0.15, 0.2) is 0 Å². The Bertz CT molecular complexity index is 408. The maximum Gasteiger partial charge on any atom is 0.213 e. The Morgan fingerprint density at radius 3 is 2.81 bits per heavy atom. The number of aliphatic hydroxyl groups is 1. The van der Waals surface area contributed by atoms with Gasteiger partial charge in [-0.1, -0.05) is 0 Å². The third-order valence-electron chi connectivity index (χ3n) is 3.16. The molecular weight excluding hydrogens is 272 g/mol. The van der Waals surface area contributed by atoms with E-state index >= 15 is 0 Å². The molecule has 88 valence electrons. The van der Waals surface area contributed by atoms with Crippen LogP contribution < -0.4 is 0 Å². The van der Waals surface area contributed by atoms with Crippen molar-refractivity contribution in [1.82, 2.24) is 9.78 Å². The molecule has 1 aromatic heterocycles. The molecule has 0 atom stereocenters. The normalized spacial score (nSPS) is 18.9. The third kappa shape index (κ3) is 1.82. The van der Waals surface area contributed by atoms with Gasteiger partial charge in [-0.2, -0.15) is 5.10 Å². The zero-order valence-electron chi connectivity index (χ0n) is 9.24. The molecule has 0 aliphatic heterocycles. The summed E-state index contributed by atoms with van der Waals surface area (Å²) in [5.74, 6) is -0.198. The smallest absolute Gasteiger partial charge is 0.213 e. The number of carbonyl (C=O) groups is 1. The topological polar surface area (TPSA) is 55.1 Å². The van der Waals surface area contributed by atoms with Crippen molar-refractivity contribution in [3.63, 3.8) is 0 Å². The number of hydrogen-bond donors (Lipinski definition) is 1. The SMILES string of the molecule is CCn1ncc(Br)c1C(=O)C1(O)CCCC1. The highest BCUT2D eigenvalue weighted by atomic mass is 79.9. The second-order valence-electron chi connectivity index (χ2n) is 4.22. The summed E-state index contributed by atoms with van der Waals surface area (Å²) in [5, 5.41) is 14.4. The minimum Gasteiger partial charge on any atom is -0.382 e. The van der Waals surface area contributed by atoms with Crippen molar-refractivity contribution in [3.05, 3.63) is 16.4 Å². The minimum atomic E-state index is -1.17. The molecule has 2 rings (SSSR count). The van der Waals surface area contributed by atoms with E-state index in [1.54, 1.807) is 10.9 Å². The zero-order valence-corrected chi connectivity index (χ0v) is 10.8. The number of nitrogens with zero attached hydrogens (tertiary/aromatic N) is 2. The molecule has 1 aromatic rings. The summed E-state index contributed by atoms with van der Waals surface area (Å²) < 4.78 is 2.29. The summed E-state index contributed by atoms with van der Waals surface area (Å²) in [6, 6.07) is 0. The van der Waals surface area contributed by atoms with E-state index in [2.05, 4.69) is 21.0 Å². The molecule has 0 aromatic carbocycles. The van der Waals surface area contributed by atoms with Gasteiger partial charge in [0.2, 0.25) is 5.78 Å². The summed E-state index contributed by atoms with van der Waals surface area (Å²) in [6.07, 6.45) is 4.57. The molecule has 0 radical (unpaired) electrons. The molecule has 1 aliphatic carbocycles. The highest BCUT2D eigenvalue weighted by Gasteiger charge is 2.41. The zero-order chi connectivity index (χ0) is 11.8. The number of aryl methyl sites for hydroxylation is 1. The Balaban J connectivity index is 2.36. The van der Waals surface area contributed by atoms with Gasteiger partial charge in [-0.25, -0.2) is 0 Å². The Kier molecular flexibility index (Phi) is 3.17. The van der Waals surface area contributed by atoms with E-state index in [9.17, 15) is 9.90 Å². The first-order valence-electron chi connectivity index (χ1n) is 5.57. The van der Waals surface area contributed by atoms with E-state index in [1.165, 1.54) is 0 Å². The fourth-order valence-electron chi connectivity index (χ4n) is 2.24. The van der Waals surface area contributed by atoms with Gasteiger partial charge in [-0.3, -0.25) is 9.48 Å². The molecule has 5 heteroatoms. The molecule has 1 heterocycles. The third-order valence-corrected chi connectivity index (χ3v) is 3.74. The van der Waals surface area contributed by atoms with Crippen LogP contribution >= 0.6 is 15.9 Å². The molecule has 1 saturated carbocycles. The van der Waals surface area contributed by atoms with Crippen LogP contribution in [0.1, 0.15) is 43.1 Å². The van der Waals surface area contributed by atoms with Crippen LogP contribution in [0.25, 0.3) is 0 Å². The lowest BCUT2D eigenvalue weighted by Crippen LogP contribution is -2.37. The second-order valence-corrected chi connectivity index (χ2v) is 5.08. The van der Waals surface area contributed by atoms with Crippen molar-refractivity contribution in [2.45, 2.75) is 44.8 Å². The maximum absolute atomic E-state index is 12.3. The quantitative estimate of drug-likeness (QED) is 0.867. The number of halogens is 1. The van der Waals surface area contributed by atoms with Crippen molar-refractivity contribution in [2.24, 2.45) is 0 Å². The molecule has 1 N–H and O–H groups in total. The lowest BCUT2D eigenvalue weighted by atomic mass is 9.94. The number of hydrogen-bond acceptors (Lipinski definition) is 3. The number of Topliss-reactive ketones (excluding diaryl/α,β-unsaturated/α-hetero) is 1. The highest BCUT2D eigenvalue weighted by molar-refractivity contribution is 9.10. The molecule has 0 bridgehead atoms. The van der Waals surface area contributed by atoms with Crippen molar-refractivity contribution < 1.29 is 9.90 Å². The fraction of sp³-hybridized carbons (Fsp3) is 0.636. The first-order valence-corrected chi connectivity index (χ1v) is 6.36. The average Bonchev–Trinajstić information content (AvgIpc) is 2.85. The van der Waals surface area contributed by atoms with Crippen LogP contribution in [-0.4, -0.2) is 26.3 Å². The molecule has 1 aliphatic rings. The van der Waals surface area contributed by atoms with Crippen LogP contribution in [0.2, 0.25) is 0 Å². The van der Waals surface area contributed by atoms with Crippen LogP contribution in [0.3, 0.4) is 0 Å². The van der Waals surface area contributed by atoms with Gasteiger partial charge < -0.3 is 5.11 Å². The molecule has 0 spiro atoms. The summed E-state index contributed by atoms with van der Waals surface area (Å²) in [6.45, 7) is 2.55. The van der Waals surface area contributed by atoms with Gasteiger partial charge in [0.05, 0.1) is 10.7 Å². The van der Waals surface area contributed by atoms with E-state index in [4.69, 9.17) is 0 Å². The number of aromatic nitrogens is 2. The van der Waals surface area contributed by atoms with Gasteiger partial charge in [0.25, 0.3) is 0 Å². The largest absolute Gasteiger partial charge is 0.382 e. The van der Waals surface area contributed by atoms with Crippen LogP contribution in [0.5, 0.6) is 0 Å². The van der Waals surface area contributed by atoms with Crippen molar-refractivity contribution >= 4 is 21.7 Å². The number of carbonyl (C=O) groups excluding carboxylic acids is 1. The molecule has 0 amide bonds. The lowest BCUT2D eigenvalue weighted by Gasteiger charge is -2.20. The van der Waals surface area contributed by atoms with E-state index in [-0.39, 0.29) is 5.78 Å². The van der Waals surface area contributed by atoms with Crippen molar-refractivity contribution in [2.75, 3.05) is 0 Å². The number of rotatable bonds is 3. The summed E-state index contributed by atoms with van der Waals surface area (Å²) in [4.78, 5) is 12.3. The van der Waals surface area contributed by atoms with Crippen LogP contribution in [0.4, 0.5) is 0 Å². The van der Waals surface area contributed by atoms with Gasteiger partial charge in [-0.15, -0.1) is 0 Å². The highest BCUT2D eigenvalue weighted by Crippen LogP contribution is 2.34. The van der Waals surface area contributed by atoms with Crippen LogP contribution in [0.15, 0.2) is 10.7 Å². The van der Waals surface area contributed by atoms with Crippen molar-refractivity contribution in [1.29, 1.82) is 0 Å². The predicted octanol–water partition coefficient (Wildman–Crippen LogP) is 2.15. The second kappa shape index (κ2) is 4.30. The number of ketones is 1. The first-order chi connectivity index (χ1) is 7.58. The molecular formula is C11H15BrN2O2. The summed E-state index contributed by atoms with van der Waals surface area (Å²) in [5.41, 5.74) is -0.679. The molecule has 16 heavy (non-hydrogen) atoms. The van der Waals surface area contributed by atoms with E-state index in [0.29, 0.717) is 29.6 Å². The summed E-state index contributed by atoms with van der Waals surface area (Å²) in [7, 11) is 0. The maximum atomic E-state index is 12.3. The standard InChI is InChI=1S/C11H15BrN2O2/c1-2-14-9(8(12)7-13-14)10(15)11(16)5-3-4-6-11/h7,16H,2-6H2,1H3. The fourth-order valence-corrected chi connectivity index (χ4v) is 2.71. The molecule has 4 nitrogen and oxygen atoms in total. The van der Waals surface area contributed by atoms with Gasteiger partial charge in [0.1, 0.15) is 11.3 Å². The van der Waals surface area contributed by atoms with Gasteiger partial charge >= 0.3 is 0 Å². The Hall–Kier alpha value is -0.680. The molecule has 0 saturated heterocycles. The molecule has 0 unspecified atom stereocenters. The van der Waals surface area contributed by atoms with Gasteiger partial charge in [0, 0.05) is 6.54 Å². The first kappa shape index (κ1) is 11.8. The van der Waals surface area contributed by atoms with E-state index < -0.39 is 5.60 Å². The molecule has 1 fully saturated rings. The Labute approximate surface area is 103 Å². The van der Waals surface area contributed by atoms with E-state index in [1.807, 2.05) is 6.92 Å². The van der Waals surface area contributed by atoms with Crippen LogP contribution in [0, 0.1) is 0 Å². The Morgan fingerprint density at radius 1 is 1.62 bits per heavy atom. The average molecular weight is 287 g/mol. The monoisotopic (exact) mass is 286 g/mol. The predicted molar refractivity (Wildman–Crippen MR) is 63.3 cm³/mol. The minimum absolute atomic E-state index is 0.198. The lowest BCUT2D eigenvalue weighted by molar-refractivity contribution is 0.0341. The van der Waals surface area contributed by atoms with Crippen LogP contribution in [-0.2, 0) is 6.54 Å². The van der Waals surface area contributed by atoms with Gasteiger partial charge in [-0.05, 0) is 48.5 Å².